The van der Waals surface area contributed by atoms with Crippen molar-refractivity contribution >= 4 is 43.6 Å². The maximum atomic E-state index is 11.4. The first-order valence-electron chi connectivity index (χ1n) is 6.48. The Morgan fingerprint density at radius 2 is 1.81 bits per heavy atom. The van der Waals surface area contributed by atoms with Gasteiger partial charge in [0, 0.05) is 11.4 Å². The van der Waals surface area contributed by atoms with Crippen LogP contribution in [0.5, 0.6) is 0 Å². The van der Waals surface area contributed by atoms with Crippen molar-refractivity contribution in [3.8, 4) is 0 Å². The molecule has 6 heteroatoms. The van der Waals surface area contributed by atoms with Gasteiger partial charge in [0.15, 0.2) is 14.9 Å². The second-order valence-electron chi connectivity index (χ2n) is 4.92. The first kappa shape index (κ1) is 14.0. The van der Waals surface area contributed by atoms with Crippen LogP contribution in [0.25, 0.3) is 10.8 Å². The fraction of sp³-hybridized carbons (Fsp3) is 0.133. The predicted octanol–water partition coefficient (Wildman–Crippen LogP) is 2.44. The molecule has 0 atom stereocenters. The number of benzene rings is 2. The Morgan fingerprint density at radius 3 is 2.52 bits per heavy atom. The van der Waals surface area contributed by atoms with Crippen molar-refractivity contribution in [2.75, 3.05) is 16.8 Å². The predicted molar refractivity (Wildman–Crippen MR) is 90.0 cm³/mol. The Morgan fingerprint density at radius 1 is 1.05 bits per heavy atom. The number of hydrogen-bond acceptors (Lipinski definition) is 3. The van der Waals surface area contributed by atoms with E-state index in [4.69, 9.17) is 12.2 Å². The van der Waals surface area contributed by atoms with Gasteiger partial charge in [-0.15, -0.1) is 0 Å². The molecule has 1 aliphatic heterocycles. The zero-order valence-corrected chi connectivity index (χ0v) is 12.8. The highest BCUT2D eigenvalue weighted by molar-refractivity contribution is 7.92. The van der Waals surface area contributed by atoms with Crippen LogP contribution in [-0.4, -0.2) is 25.0 Å². The zero-order chi connectivity index (χ0) is 14.9. The summed E-state index contributed by atoms with van der Waals surface area (Å²) in [5, 5.41) is 8.68. The Hall–Kier alpha value is -1.92. The van der Waals surface area contributed by atoms with Crippen LogP contribution in [0, 0.1) is 0 Å². The molecule has 2 aromatic rings. The van der Waals surface area contributed by atoms with Crippen LogP contribution in [0.2, 0.25) is 0 Å². The lowest BCUT2D eigenvalue weighted by molar-refractivity contribution is 0.603. The minimum atomic E-state index is -2.99. The Balaban J connectivity index is 1.69. The molecular weight excluding hydrogens is 304 g/mol. The van der Waals surface area contributed by atoms with Gasteiger partial charge in [-0.25, -0.2) is 8.42 Å². The monoisotopic (exact) mass is 318 g/mol. The average Bonchev–Trinajstić information content (AvgIpc) is 2.77. The number of fused-ring (bicyclic) bond motifs is 1. The Bertz CT molecular complexity index is 842. The molecule has 1 aliphatic rings. The number of sulfone groups is 1. The van der Waals surface area contributed by atoms with E-state index >= 15 is 0 Å². The van der Waals surface area contributed by atoms with E-state index in [9.17, 15) is 8.42 Å². The highest BCUT2D eigenvalue weighted by atomic mass is 32.2. The van der Waals surface area contributed by atoms with Crippen molar-refractivity contribution in [3.05, 3.63) is 54.2 Å². The molecular formula is C15H14N2O2S2. The second kappa shape index (κ2) is 5.46. The van der Waals surface area contributed by atoms with Crippen LogP contribution < -0.4 is 10.6 Å². The van der Waals surface area contributed by atoms with E-state index in [1.807, 2.05) is 42.5 Å². The van der Waals surface area contributed by atoms with Gasteiger partial charge in [-0.05, 0) is 41.2 Å². The van der Waals surface area contributed by atoms with Crippen molar-refractivity contribution in [1.82, 2.24) is 5.32 Å². The fourth-order valence-corrected chi connectivity index (χ4v) is 3.73. The molecule has 0 saturated heterocycles. The minimum Gasteiger partial charge on any atom is -0.335 e. The van der Waals surface area contributed by atoms with Crippen LogP contribution in [-0.2, 0) is 9.84 Å². The van der Waals surface area contributed by atoms with E-state index < -0.39 is 9.84 Å². The number of hydrogen-bond donors (Lipinski definition) is 2. The maximum Gasteiger partial charge on any atom is 0.175 e. The minimum absolute atomic E-state index is 0.0204. The fourth-order valence-electron chi connectivity index (χ4n) is 2.24. The lowest BCUT2D eigenvalue weighted by Crippen LogP contribution is -2.29. The summed E-state index contributed by atoms with van der Waals surface area (Å²) in [5.74, 6) is 0.0977. The third-order valence-corrected chi connectivity index (χ3v) is 4.87. The summed E-state index contributed by atoms with van der Waals surface area (Å²) in [5.41, 5.74) is 1.50. The molecule has 21 heavy (non-hydrogen) atoms. The maximum absolute atomic E-state index is 11.4. The molecule has 0 saturated carbocycles. The SMILES string of the molecule is O=S1(=O)CC=C(NC(=S)Nc2ccc3ccccc3c2)C1. The van der Waals surface area contributed by atoms with Crippen molar-refractivity contribution in [2.24, 2.45) is 0 Å². The topological polar surface area (TPSA) is 58.2 Å². The smallest absolute Gasteiger partial charge is 0.175 e. The molecule has 0 amide bonds. The van der Waals surface area contributed by atoms with Gasteiger partial charge in [-0.1, -0.05) is 30.3 Å². The lowest BCUT2D eigenvalue weighted by atomic mass is 10.1. The van der Waals surface area contributed by atoms with Crippen LogP contribution >= 0.6 is 12.2 Å². The van der Waals surface area contributed by atoms with Gasteiger partial charge < -0.3 is 10.6 Å². The van der Waals surface area contributed by atoms with E-state index in [0.717, 1.165) is 16.5 Å². The highest BCUT2D eigenvalue weighted by Gasteiger charge is 2.20. The number of thiocarbonyl (C=S) groups is 1. The van der Waals surface area contributed by atoms with Gasteiger partial charge >= 0.3 is 0 Å². The molecule has 2 N–H and O–H groups in total. The summed E-state index contributed by atoms with van der Waals surface area (Å²) < 4.78 is 22.7. The molecule has 108 valence electrons. The first-order chi connectivity index (χ1) is 10.0. The van der Waals surface area contributed by atoms with Crippen molar-refractivity contribution < 1.29 is 8.42 Å². The number of anilines is 1. The summed E-state index contributed by atoms with van der Waals surface area (Å²) in [7, 11) is -2.99. The van der Waals surface area contributed by atoms with Gasteiger partial charge in [0.1, 0.15) is 0 Å². The van der Waals surface area contributed by atoms with Gasteiger partial charge in [-0.2, -0.15) is 0 Å². The van der Waals surface area contributed by atoms with Crippen LogP contribution in [0.4, 0.5) is 5.69 Å². The molecule has 2 aromatic carbocycles. The van der Waals surface area contributed by atoms with Gasteiger partial charge in [-0.3, -0.25) is 0 Å². The molecule has 0 radical (unpaired) electrons. The van der Waals surface area contributed by atoms with Crippen molar-refractivity contribution in [1.29, 1.82) is 0 Å². The van der Waals surface area contributed by atoms with E-state index in [2.05, 4.69) is 10.6 Å². The Kier molecular flexibility index (Phi) is 3.65. The normalized spacial score (nSPS) is 16.5. The largest absolute Gasteiger partial charge is 0.335 e. The van der Waals surface area contributed by atoms with Gasteiger partial charge in [0.2, 0.25) is 0 Å². The summed E-state index contributed by atoms with van der Waals surface area (Å²) in [4.78, 5) is 0. The van der Waals surface area contributed by atoms with Crippen LogP contribution in [0.1, 0.15) is 0 Å². The summed E-state index contributed by atoms with van der Waals surface area (Å²) in [6.07, 6.45) is 1.66. The van der Waals surface area contributed by atoms with Crippen molar-refractivity contribution in [3.63, 3.8) is 0 Å². The average molecular weight is 318 g/mol. The van der Waals surface area contributed by atoms with Crippen LogP contribution in [0.15, 0.2) is 54.2 Å². The molecule has 0 fully saturated rings. The highest BCUT2D eigenvalue weighted by Crippen LogP contribution is 2.19. The van der Waals surface area contributed by atoms with E-state index in [1.54, 1.807) is 6.08 Å². The third-order valence-electron chi connectivity index (χ3n) is 3.24. The zero-order valence-electron chi connectivity index (χ0n) is 11.2. The molecule has 0 unspecified atom stereocenters. The van der Waals surface area contributed by atoms with E-state index in [-0.39, 0.29) is 11.5 Å². The molecule has 4 nitrogen and oxygen atoms in total. The molecule has 0 aromatic heterocycles. The van der Waals surface area contributed by atoms with Crippen molar-refractivity contribution in [2.45, 2.75) is 0 Å². The lowest BCUT2D eigenvalue weighted by Gasteiger charge is -2.11. The van der Waals surface area contributed by atoms with E-state index in [0.29, 0.717) is 10.8 Å². The van der Waals surface area contributed by atoms with Crippen LogP contribution in [0.3, 0.4) is 0 Å². The summed E-state index contributed by atoms with van der Waals surface area (Å²) in [6.45, 7) is 0. The quantitative estimate of drug-likeness (QED) is 0.833. The van der Waals surface area contributed by atoms with E-state index in [1.165, 1.54) is 0 Å². The molecule has 0 spiro atoms. The van der Waals surface area contributed by atoms with Gasteiger partial charge in [0.25, 0.3) is 0 Å². The summed E-state index contributed by atoms with van der Waals surface area (Å²) in [6, 6.07) is 14.0. The standard InChI is InChI=1S/C15H14N2O2S2/c18-21(19)8-7-14(10-21)17-15(20)16-13-6-5-11-3-1-2-4-12(11)9-13/h1-7,9H,8,10H2,(H2,16,17,20). The third kappa shape index (κ3) is 3.40. The summed E-state index contributed by atoms with van der Waals surface area (Å²) >= 11 is 5.21. The molecule has 0 bridgehead atoms. The Labute approximate surface area is 128 Å². The molecule has 1 heterocycles. The van der Waals surface area contributed by atoms with Gasteiger partial charge in [0.05, 0.1) is 11.5 Å². The second-order valence-corrected chi connectivity index (χ2v) is 7.44. The number of nitrogens with one attached hydrogen (secondary N) is 2. The molecule has 3 rings (SSSR count). The molecule has 0 aliphatic carbocycles. The number of rotatable bonds is 2. The first-order valence-corrected chi connectivity index (χ1v) is 8.71.